The molecule has 20 heavy (non-hydrogen) atoms. The summed E-state index contributed by atoms with van der Waals surface area (Å²) in [5.74, 6) is 1.86. The van der Waals surface area contributed by atoms with Crippen LogP contribution < -0.4 is 14.2 Å². The molecular weight excluding hydrogens is 300 g/mol. The highest BCUT2D eigenvalue weighted by atomic mass is 35.5. The minimum Gasteiger partial charge on any atom is -0.496 e. The van der Waals surface area contributed by atoms with Crippen LogP contribution in [-0.2, 0) is 0 Å². The third kappa shape index (κ3) is 2.81. The molecular formula is C13H15ClN2O3S. The van der Waals surface area contributed by atoms with E-state index in [9.17, 15) is 0 Å². The Kier molecular flexibility index (Phi) is 4.67. The lowest BCUT2D eigenvalue weighted by atomic mass is 10.2. The van der Waals surface area contributed by atoms with E-state index in [1.165, 1.54) is 11.3 Å². The fourth-order valence-corrected chi connectivity index (χ4v) is 2.67. The van der Waals surface area contributed by atoms with Gasteiger partial charge < -0.3 is 14.2 Å². The van der Waals surface area contributed by atoms with Crippen LogP contribution in [0, 0.1) is 0 Å². The number of halogens is 1. The van der Waals surface area contributed by atoms with Gasteiger partial charge in [0.25, 0.3) is 0 Å². The summed E-state index contributed by atoms with van der Waals surface area (Å²) in [6.45, 7) is 1.86. The first-order chi connectivity index (χ1) is 9.60. The van der Waals surface area contributed by atoms with Crippen molar-refractivity contribution >= 4 is 22.9 Å². The zero-order valence-electron chi connectivity index (χ0n) is 11.6. The van der Waals surface area contributed by atoms with E-state index in [4.69, 9.17) is 25.8 Å². The van der Waals surface area contributed by atoms with Crippen molar-refractivity contribution < 1.29 is 14.2 Å². The van der Waals surface area contributed by atoms with Crippen molar-refractivity contribution in [3.8, 4) is 27.8 Å². The summed E-state index contributed by atoms with van der Waals surface area (Å²) in [7, 11) is 4.76. The number of hydrogen-bond donors (Lipinski definition) is 0. The minimum atomic E-state index is -0.174. The van der Waals surface area contributed by atoms with Gasteiger partial charge in [-0.05, 0) is 13.0 Å². The molecule has 0 saturated carbocycles. The molecule has 0 spiro atoms. The molecule has 1 aromatic carbocycles. The Hall–Kier alpha value is -1.53. The van der Waals surface area contributed by atoms with Gasteiger partial charge in [0, 0.05) is 6.07 Å². The summed E-state index contributed by atoms with van der Waals surface area (Å²) in [5, 5.41) is 9.55. The molecule has 1 heterocycles. The van der Waals surface area contributed by atoms with Crippen LogP contribution in [0.25, 0.3) is 10.6 Å². The van der Waals surface area contributed by atoms with Crippen molar-refractivity contribution in [3.63, 3.8) is 0 Å². The largest absolute Gasteiger partial charge is 0.496 e. The predicted octanol–water partition coefficient (Wildman–Crippen LogP) is 3.53. The molecule has 0 saturated heterocycles. The molecule has 0 aliphatic heterocycles. The summed E-state index contributed by atoms with van der Waals surface area (Å²) in [4.78, 5) is 0. The fraction of sp³-hybridized carbons (Fsp3) is 0.385. The van der Waals surface area contributed by atoms with Crippen LogP contribution in [0.15, 0.2) is 12.1 Å². The Morgan fingerprint density at radius 2 is 1.60 bits per heavy atom. The standard InChI is InChI=1S/C13H15ClN2O3S/c1-7(14)12-15-16-13(20-12)8-5-10(18-3)11(19-4)6-9(8)17-2/h5-7H,1-4H3. The van der Waals surface area contributed by atoms with E-state index in [-0.39, 0.29) is 5.38 Å². The van der Waals surface area contributed by atoms with Crippen LogP contribution in [-0.4, -0.2) is 31.5 Å². The van der Waals surface area contributed by atoms with Gasteiger partial charge in [0.15, 0.2) is 16.5 Å². The third-order valence-electron chi connectivity index (χ3n) is 2.72. The Balaban J connectivity index is 2.53. The number of methoxy groups -OCH3 is 3. The van der Waals surface area contributed by atoms with E-state index in [0.717, 1.165) is 15.6 Å². The van der Waals surface area contributed by atoms with E-state index in [1.807, 2.05) is 13.0 Å². The van der Waals surface area contributed by atoms with Crippen molar-refractivity contribution in [2.75, 3.05) is 21.3 Å². The molecule has 0 bridgehead atoms. The van der Waals surface area contributed by atoms with Crippen LogP contribution in [0.5, 0.6) is 17.2 Å². The second kappa shape index (κ2) is 6.28. The first-order valence-corrected chi connectivity index (χ1v) is 7.13. The maximum Gasteiger partial charge on any atom is 0.164 e. The molecule has 2 rings (SSSR count). The molecule has 2 aromatic rings. The van der Waals surface area contributed by atoms with Crippen molar-refractivity contribution in [1.29, 1.82) is 0 Å². The van der Waals surface area contributed by atoms with E-state index in [0.29, 0.717) is 17.2 Å². The highest BCUT2D eigenvalue weighted by molar-refractivity contribution is 7.15. The van der Waals surface area contributed by atoms with E-state index >= 15 is 0 Å². The molecule has 0 aliphatic rings. The van der Waals surface area contributed by atoms with E-state index in [2.05, 4.69) is 10.2 Å². The average molecular weight is 315 g/mol. The molecule has 0 aliphatic carbocycles. The second-order valence-corrected chi connectivity index (χ2v) is 5.63. The smallest absolute Gasteiger partial charge is 0.164 e. The number of alkyl halides is 1. The first kappa shape index (κ1) is 14.9. The number of ether oxygens (including phenoxy) is 3. The van der Waals surface area contributed by atoms with Gasteiger partial charge in [-0.2, -0.15) is 0 Å². The molecule has 0 fully saturated rings. The number of rotatable bonds is 5. The number of hydrogen-bond acceptors (Lipinski definition) is 6. The van der Waals surface area contributed by atoms with Gasteiger partial charge in [-0.15, -0.1) is 21.8 Å². The fourth-order valence-electron chi connectivity index (χ4n) is 1.70. The summed E-state index contributed by atoms with van der Waals surface area (Å²) < 4.78 is 15.9. The molecule has 1 atom stereocenters. The average Bonchev–Trinajstić information content (AvgIpc) is 2.95. The number of benzene rings is 1. The van der Waals surface area contributed by atoms with E-state index in [1.54, 1.807) is 27.4 Å². The van der Waals surface area contributed by atoms with Crippen LogP contribution in [0.1, 0.15) is 17.3 Å². The lowest BCUT2D eigenvalue weighted by Gasteiger charge is -2.12. The van der Waals surface area contributed by atoms with Crippen molar-refractivity contribution in [2.24, 2.45) is 0 Å². The Labute approximate surface area is 126 Å². The number of aromatic nitrogens is 2. The first-order valence-electron chi connectivity index (χ1n) is 5.88. The molecule has 1 aromatic heterocycles. The topological polar surface area (TPSA) is 53.5 Å². The maximum atomic E-state index is 6.02. The third-order valence-corrected chi connectivity index (χ3v) is 4.19. The highest BCUT2D eigenvalue weighted by Crippen LogP contribution is 2.41. The Morgan fingerprint density at radius 1 is 1.00 bits per heavy atom. The summed E-state index contributed by atoms with van der Waals surface area (Å²) in [5.41, 5.74) is 0.797. The van der Waals surface area contributed by atoms with Gasteiger partial charge in [-0.25, -0.2) is 0 Å². The minimum absolute atomic E-state index is 0.174. The van der Waals surface area contributed by atoms with Gasteiger partial charge in [0.05, 0.1) is 32.3 Å². The molecule has 5 nitrogen and oxygen atoms in total. The van der Waals surface area contributed by atoms with Crippen LogP contribution in [0.3, 0.4) is 0 Å². The van der Waals surface area contributed by atoms with Crippen LogP contribution >= 0.6 is 22.9 Å². The molecule has 1 unspecified atom stereocenters. The normalized spacial score (nSPS) is 12.1. The van der Waals surface area contributed by atoms with Crippen molar-refractivity contribution in [1.82, 2.24) is 10.2 Å². The molecule has 0 radical (unpaired) electrons. The zero-order chi connectivity index (χ0) is 14.7. The van der Waals surface area contributed by atoms with Gasteiger partial charge in [0.2, 0.25) is 0 Å². The van der Waals surface area contributed by atoms with E-state index < -0.39 is 0 Å². The quantitative estimate of drug-likeness (QED) is 0.790. The lowest BCUT2D eigenvalue weighted by Crippen LogP contribution is -1.94. The second-order valence-electron chi connectivity index (χ2n) is 3.97. The Bertz CT molecular complexity index is 601. The van der Waals surface area contributed by atoms with Crippen molar-refractivity contribution in [2.45, 2.75) is 12.3 Å². The molecule has 0 amide bonds. The zero-order valence-corrected chi connectivity index (χ0v) is 13.2. The summed E-state index contributed by atoms with van der Waals surface area (Å²) in [6, 6.07) is 3.58. The SMILES string of the molecule is COc1cc(OC)c(-c2nnc(C(C)Cl)s2)cc1OC. The molecule has 108 valence electrons. The monoisotopic (exact) mass is 314 g/mol. The number of nitrogens with zero attached hydrogens (tertiary/aromatic N) is 2. The molecule has 7 heteroatoms. The van der Waals surface area contributed by atoms with Crippen LogP contribution in [0.2, 0.25) is 0 Å². The van der Waals surface area contributed by atoms with Gasteiger partial charge in [-0.3, -0.25) is 0 Å². The van der Waals surface area contributed by atoms with Crippen molar-refractivity contribution in [3.05, 3.63) is 17.1 Å². The maximum absolute atomic E-state index is 6.02. The molecule has 0 N–H and O–H groups in total. The summed E-state index contributed by atoms with van der Waals surface area (Å²) in [6.07, 6.45) is 0. The van der Waals surface area contributed by atoms with Gasteiger partial charge >= 0.3 is 0 Å². The Morgan fingerprint density at radius 3 is 2.10 bits per heavy atom. The lowest BCUT2D eigenvalue weighted by molar-refractivity contribution is 0.349. The summed E-state index contributed by atoms with van der Waals surface area (Å²) >= 11 is 7.44. The van der Waals surface area contributed by atoms with Gasteiger partial charge in [0.1, 0.15) is 10.8 Å². The highest BCUT2D eigenvalue weighted by Gasteiger charge is 2.18. The van der Waals surface area contributed by atoms with Gasteiger partial charge in [-0.1, -0.05) is 11.3 Å². The predicted molar refractivity (Wildman–Crippen MR) is 79.3 cm³/mol. The van der Waals surface area contributed by atoms with Crippen LogP contribution in [0.4, 0.5) is 0 Å².